The first kappa shape index (κ1) is 20.3. The zero-order chi connectivity index (χ0) is 20.1. The Bertz CT molecular complexity index is 875. The summed E-state index contributed by atoms with van der Waals surface area (Å²) in [4.78, 5) is 26.7. The number of benzene rings is 2. The summed E-state index contributed by atoms with van der Waals surface area (Å²) >= 11 is 12.0. The molecule has 1 unspecified atom stereocenters. The van der Waals surface area contributed by atoms with E-state index in [0.717, 1.165) is 6.42 Å². The van der Waals surface area contributed by atoms with Crippen LogP contribution in [0.5, 0.6) is 11.5 Å². The number of para-hydroxylation sites is 2. The molecule has 1 aliphatic heterocycles. The Morgan fingerprint density at radius 3 is 2.82 bits per heavy atom. The molecule has 8 heteroatoms. The summed E-state index contributed by atoms with van der Waals surface area (Å²) < 4.78 is 11.3. The number of nitrogens with one attached hydrogen (secondary N) is 1. The molecule has 0 radical (unpaired) electrons. The minimum Gasteiger partial charge on any atom is -0.482 e. The van der Waals surface area contributed by atoms with Crippen molar-refractivity contribution in [3.05, 3.63) is 52.5 Å². The Morgan fingerprint density at radius 2 is 2.04 bits per heavy atom. The van der Waals surface area contributed by atoms with E-state index < -0.39 is 6.10 Å². The quantitative estimate of drug-likeness (QED) is 0.770. The van der Waals surface area contributed by atoms with Crippen LogP contribution in [0, 0.1) is 0 Å². The van der Waals surface area contributed by atoms with Crippen molar-refractivity contribution in [3.63, 3.8) is 0 Å². The molecule has 2 aromatic rings. The van der Waals surface area contributed by atoms with E-state index in [0.29, 0.717) is 33.8 Å². The number of carbonyl (C=O) groups is 2. The monoisotopic (exact) mass is 422 g/mol. The highest BCUT2D eigenvalue weighted by Crippen LogP contribution is 2.33. The minimum atomic E-state index is -0.792. The molecule has 1 N–H and O–H groups in total. The van der Waals surface area contributed by atoms with Gasteiger partial charge >= 0.3 is 0 Å². The van der Waals surface area contributed by atoms with Gasteiger partial charge < -0.3 is 19.7 Å². The van der Waals surface area contributed by atoms with Gasteiger partial charge in [-0.1, -0.05) is 42.3 Å². The van der Waals surface area contributed by atoms with E-state index in [-0.39, 0.29) is 25.0 Å². The topological polar surface area (TPSA) is 67.9 Å². The predicted molar refractivity (Wildman–Crippen MR) is 108 cm³/mol. The fourth-order valence-electron chi connectivity index (χ4n) is 2.77. The number of hydrogen-bond donors (Lipinski definition) is 1. The molecule has 28 heavy (non-hydrogen) atoms. The Kier molecular flexibility index (Phi) is 6.65. The van der Waals surface area contributed by atoms with Gasteiger partial charge in [-0.2, -0.15) is 0 Å². The van der Waals surface area contributed by atoms with E-state index in [2.05, 4.69) is 5.32 Å². The van der Waals surface area contributed by atoms with Crippen molar-refractivity contribution in [1.82, 2.24) is 5.32 Å². The van der Waals surface area contributed by atoms with Gasteiger partial charge in [0.05, 0.1) is 17.3 Å². The molecule has 0 spiro atoms. The Hall–Kier alpha value is -2.44. The van der Waals surface area contributed by atoms with E-state index in [1.54, 1.807) is 42.5 Å². The van der Waals surface area contributed by atoms with Gasteiger partial charge in [-0.15, -0.1) is 0 Å². The Morgan fingerprint density at radius 1 is 1.25 bits per heavy atom. The van der Waals surface area contributed by atoms with Crippen LogP contribution in [0.4, 0.5) is 5.69 Å². The third-order valence-electron chi connectivity index (χ3n) is 4.16. The van der Waals surface area contributed by atoms with E-state index in [1.165, 1.54) is 4.90 Å². The number of amides is 2. The van der Waals surface area contributed by atoms with Crippen molar-refractivity contribution in [2.24, 2.45) is 0 Å². The Balaban J connectivity index is 1.75. The molecule has 1 aliphatic rings. The molecule has 0 saturated carbocycles. The second-order valence-electron chi connectivity index (χ2n) is 6.23. The molecular formula is C20H20Cl2N2O4. The average molecular weight is 423 g/mol. The number of rotatable bonds is 6. The highest BCUT2D eigenvalue weighted by Gasteiger charge is 2.33. The number of carbonyl (C=O) groups excluding carboxylic acids is 2. The second kappa shape index (κ2) is 9.17. The van der Waals surface area contributed by atoms with Crippen molar-refractivity contribution >= 4 is 40.7 Å². The molecule has 0 fully saturated rings. The molecule has 0 aromatic heterocycles. The third-order valence-corrected chi connectivity index (χ3v) is 4.71. The van der Waals surface area contributed by atoms with Crippen LogP contribution in [-0.2, 0) is 9.59 Å². The van der Waals surface area contributed by atoms with E-state index >= 15 is 0 Å². The summed E-state index contributed by atoms with van der Waals surface area (Å²) in [7, 11) is 0. The van der Waals surface area contributed by atoms with Gasteiger partial charge in [0.15, 0.2) is 12.7 Å². The standard InChI is InChI=1S/C20H20Cl2N2O4/c1-2-9-23-20(26)18-11-24(15-5-3-4-6-16(15)28-18)19(25)12-27-17-10-13(21)7-8-14(17)22/h3-8,10,18H,2,9,11-12H2,1H3,(H,23,26). The summed E-state index contributed by atoms with van der Waals surface area (Å²) in [5.41, 5.74) is 0.591. The maximum atomic E-state index is 12.9. The zero-order valence-corrected chi connectivity index (χ0v) is 16.8. The molecule has 148 valence electrons. The van der Waals surface area contributed by atoms with Crippen molar-refractivity contribution < 1.29 is 19.1 Å². The summed E-state index contributed by atoms with van der Waals surface area (Å²) in [6.07, 6.45) is 0.0199. The number of nitrogens with zero attached hydrogens (tertiary/aromatic N) is 1. The van der Waals surface area contributed by atoms with Crippen molar-refractivity contribution in [2.45, 2.75) is 19.4 Å². The maximum Gasteiger partial charge on any atom is 0.265 e. The molecule has 2 amide bonds. The summed E-state index contributed by atoms with van der Waals surface area (Å²) in [6, 6.07) is 11.9. The van der Waals surface area contributed by atoms with Crippen LogP contribution < -0.4 is 19.7 Å². The first-order valence-electron chi connectivity index (χ1n) is 8.91. The predicted octanol–water partition coefficient (Wildman–Crippen LogP) is 3.69. The van der Waals surface area contributed by atoms with Gasteiger partial charge in [-0.05, 0) is 30.7 Å². The highest BCUT2D eigenvalue weighted by molar-refractivity contribution is 6.34. The van der Waals surface area contributed by atoms with Gasteiger partial charge in [0.25, 0.3) is 11.8 Å². The molecule has 2 aromatic carbocycles. The minimum absolute atomic E-state index is 0.0953. The lowest BCUT2D eigenvalue weighted by Gasteiger charge is -2.34. The molecule has 1 atom stereocenters. The van der Waals surface area contributed by atoms with Gasteiger partial charge in [-0.3, -0.25) is 9.59 Å². The lowest BCUT2D eigenvalue weighted by Crippen LogP contribution is -2.51. The Labute approximate surface area is 173 Å². The van der Waals surface area contributed by atoms with E-state index in [4.69, 9.17) is 32.7 Å². The lowest BCUT2D eigenvalue weighted by atomic mass is 10.1. The number of ether oxygens (including phenoxy) is 2. The SMILES string of the molecule is CCCNC(=O)C1CN(C(=O)COc2cc(Cl)ccc2Cl)c2ccccc2O1. The van der Waals surface area contributed by atoms with E-state index in [9.17, 15) is 9.59 Å². The lowest BCUT2D eigenvalue weighted by molar-refractivity contribution is -0.128. The van der Waals surface area contributed by atoms with Crippen LogP contribution in [0.2, 0.25) is 10.0 Å². The molecular weight excluding hydrogens is 403 g/mol. The molecule has 3 rings (SSSR count). The van der Waals surface area contributed by atoms with Crippen LogP contribution in [0.1, 0.15) is 13.3 Å². The number of anilines is 1. The van der Waals surface area contributed by atoms with Gasteiger partial charge in [0.1, 0.15) is 11.5 Å². The number of hydrogen-bond acceptors (Lipinski definition) is 4. The summed E-state index contributed by atoms with van der Waals surface area (Å²) in [5.74, 6) is 0.217. The molecule has 6 nitrogen and oxygen atoms in total. The second-order valence-corrected chi connectivity index (χ2v) is 7.08. The molecule has 0 bridgehead atoms. The van der Waals surface area contributed by atoms with Crippen LogP contribution in [-0.4, -0.2) is 37.6 Å². The first-order valence-corrected chi connectivity index (χ1v) is 9.66. The normalized spacial score (nSPS) is 15.4. The van der Waals surface area contributed by atoms with Crippen LogP contribution >= 0.6 is 23.2 Å². The molecule has 0 saturated heterocycles. The number of fused-ring (bicyclic) bond motifs is 1. The van der Waals surface area contributed by atoms with Crippen molar-refractivity contribution in [3.8, 4) is 11.5 Å². The van der Waals surface area contributed by atoms with Gasteiger partial charge in [0.2, 0.25) is 0 Å². The summed E-state index contributed by atoms with van der Waals surface area (Å²) in [5, 5.41) is 3.61. The zero-order valence-electron chi connectivity index (χ0n) is 15.3. The first-order chi connectivity index (χ1) is 13.5. The van der Waals surface area contributed by atoms with E-state index in [1.807, 2.05) is 6.92 Å². The third kappa shape index (κ3) is 4.69. The van der Waals surface area contributed by atoms with Crippen LogP contribution in [0.25, 0.3) is 0 Å². The molecule has 0 aliphatic carbocycles. The fourth-order valence-corrected chi connectivity index (χ4v) is 3.11. The smallest absolute Gasteiger partial charge is 0.265 e. The molecule has 1 heterocycles. The average Bonchev–Trinajstić information content (AvgIpc) is 2.71. The largest absolute Gasteiger partial charge is 0.482 e. The maximum absolute atomic E-state index is 12.9. The fraction of sp³-hybridized carbons (Fsp3) is 0.300. The summed E-state index contributed by atoms with van der Waals surface area (Å²) in [6.45, 7) is 2.35. The van der Waals surface area contributed by atoms with Crippen molar-refractivity contribution in [2.75, 3.05) is 24.6 Å². The van der Waals surface area contributed by atoms with Crippen LogP contribution in [0.15, 0.2) is 42.5 Å². The van der Waals surface area contributed by atoms with Crippen molar-refractivity contribution in [1.29, 1.82) is 0 Å². The highest BCUT2D eigenvalue weighted by atomic mass is 35.5. The van der Waals surface area contributed by atoms with Crippen LogP contribution in [0.3, 0.4) is 0 Å². The van der Waals surface area contributed by atoms with Gasteiger partial charge in [0, 0.05) is 17.6 Å². The number of halogens is 2. The van der Waals surface area contributed by atoms with Gasteiger partial charge in [-0.25, -0.2) is 0 Å².